The predicted molar refractivity (Wildman–Crippen MR) is 129 cm³/mol. The molecule has 1 amide bonds. The summed E-state index contributed by atoms with van der Waals surface area (Å²) < 4.78 is 22.4. The number of halogens is 1. The average molecular weight is 499 g/mol. The first-order valence-electron chi connectivity index (χ1n) is 10.2. The Morgan fingerprint density at radius 1 is 1.06 bits per heavy atom. The van der Waals surface area contributed by atoms with Gasteiger partial charge in [-0.15, -0.1) is 11.3 Å². The van der Waals surface area contributed by atoms with Gasteiger partial charge in [-0.3, -0.25) is 14.5 Å². The number of carbonyl (C=O) groups excluding carboxylic acids is 1. The molecule has 0 fully saturated rings. The van der Waals surface area contributed by atoms with Crippen molar-refractivity contribution in [3.63, 3.8) is 0 Å². The molecule has 174 valence electrons. The first kappa shape index (κ1) is 22.2. The minimum Gasteiger partial charge on any atom is -0.493 e. The SMILES string of the molecule is COc1cc([C@@H]2c3c(oc4ccc(Cl)cc4c3=O)C(=O)N2c2nc(C)cs2)cc(OC)c1OC. The highest BCUT2D eigenvalue weighted by atomic mass is 35.5. The number of aryl methyl sites for hydroxylation is 1. The van der Waals surface area contributed by atoms with Crippen molar-refractivity contribution in [3.8, 4) is 17.2 Å². The molecular formula is C24H19ClN2O6S. The fraction of sp³-hybridized carbons (Fsp3) is 0.208. The fourth-order valence-electron chi connectivity index (χ4n) is 4.17. The van der Waals surface area contributed by atoms with Gasteiger partial charge in [-0.2, -0.15) is 0 Å². The van der Waals surface area contributed by atoms with Crippen LogP contribution < -0.4 is 24.5 Å². The Morgan fingerprint density at radius 3 is 2.35 bits per heavy atom. The van der Waals surface area contributed by atoms with Crippen LogP contribution in [0.1, 0.15) is 33.4 Å². The Hall–Kier alpha value is -3.56. The van der Waals surface area contributed by atoms with Gasteiger partial charge in [-0.05, 0) is 42.8 Å². The second kappa shape index (κ2) is 8.34. The number of methoxy groups -OCH3 is 3. The van der Waals surface area contributed by atoms with Crippen LogP contribution in [0.25, 0.3) is 11.0 Å². The number of fused-ring (bicyclic) bond motifs is 2. The van der Waals surface area contributed by atoms with Gasteiger partial charge >= 0.3 is 0 Å². The summed E-state index contributed by atoms with van der Waals surface area (Å²) >= 11 is 7.45. The molecule has 0 saturated carbocycles. The molecule has 5 rings (SSSR count). The van der Waals surface area contributed by atoms with E-state index in [0.717, 1.165) is 5.69 Å². The number of ether oxygens (including phenoxy) is 3. The van der Waals surface area contributed by atoms with E-state index < -0.39 is 11.9 Å². The van der Waals surface area contributed by atoms with Gasteiger partial charge in [-0.1, -0.05) is 11.6 Å². The topological polar surface area (TPSA) is 91.1 Å². The number of hydrogen-bond donors (Lipinski definition) is 0. The smallest absolute Gasteiger partial charge is 0.297 e. The Labute approximate surface area is 203 Å². The first-order chi connectivity index (χ1) is 16.4. The van der Waals surface area contributed by atoms with Crippen molar-refractivity contribution in [3.05, 3.63) is 73.5 Å². The van der Waals surface area contributed by atoms with E-state index in [4.69, 9.17) is 30.2 Å². The van der Waals surface area contributed by atoms with Gasteiger partial charge < -0.3 is 18.6 Å². The van der Waals surface area contributed by atoms with Crippen LogP contribution in [0.5, 0.6) is 17.2 Å². The van der Waals surface area contributed by atoms with Gasteiger partial charge in [0.2, 0.25) is 11.5 Å². The molecule has 0 saturated heterocycles. The molecule has 4 aromatic rings. The maximum Gasteiger partial charge on any atom is 0.297 e. The number of anilines is 1. The molecule has 34 heavy (non-hydrogen) atoms. The Morgan fingerprint density at radius 2 is 1.76 bits per heavy atom. The number of hydrogen-bond acceptors (Lipinski definition) is 8. The van der Waals surface area contributed by atoms with E-state index in [-0.39, 0.29) is 27.7 Å². The third-order valence-corrected chi connectivity index (χ3v) is 6.84. The van der Waals surface area contributed by atoms with Gasteiger partial charge in [-0.25, -0.2) is 4.98 Å². The summed E-state index contributed by atoms with van der Waals surface area (Å²) in [6.45, 7) is 1.84. The molecule has 0 spiro atoms. The van der Waals surface area contributed by atoms with Crippen molar-refractivity contribution in [2.75, 3.05) is 26.2 Å². The van der Waals surface area contributed by atoms with Gasteiger partial charge in [0.05, 0.1) is 44.0 Å². The summed E-state index contributed by atoms with van der Waals surface area (Å²) in [5.41, 5.74) is 1.46. The molecule has 0 N–H and O–H groups in total. The van der Waals surface area contributed by atoms with Gasteiger partial charge in [0.25, 0.3) is 5.91 Å². The quantitative estimate of drug-likeness (QED) is 0.383. The summed E-state index contributed by atoms with van der Waals surface area (Å²) in [6.07, 6.45) is 0. The highest BCUT2D eigenvalue weighted by Gasteiger charge is 2.45. The van der Waals surface area contributed by atoms with Crippen molar-refractivity contribution in [1.29, 1.82) is 0 Å². The Kier molecular flexibility index (Phi) is 5.45. The van der Waals surface area contributed by atoms with E-state index >= 15 is 0 Å². The number of benzene rings is 2. The van der Waals surface area contributed by atoms with Crippen LogP contribution in [0.3, 0.4) is 0 Å². The van der Waals surface area contributed by atoms with E-state index in [0.29, 0.717) is 33.0 Å². The molecule has 0 aliphatic carbocycles. The van der Waals surface area contributed by atoms with Crippen LogP contribution >= 0.6 is 22.9 Å². The van der Waals surface area contributed by atoms with Crippen LogP contribution in [-0.4, -0.2) is 32.2 Å². The summed E-state index contributed by atoms with van der Waals surface area (Å²) in [6, 6.07) is 7.32. The van der Waals surface area contributed by atoms with Crippen LogP contribution in [0.2, 0.25) is 5.02 Å². The monoisotopic (exact) mass is 498 g/mol. The number of aromatic nitrogens is 1. The molecule has 1 aliphatic heterocycles. The molecule has 0 bridgehead atoms. The zero-order valence-electron chi connectivity index (χ0n) is 18.7. The molecule has 1 atom stereocenters. The van der Waals surface area contributed by atoms with E-state index in [9.17, 15) is 9.59 Å². The summed E-state index contributed by atoms with van der Waals surface area (Å²) in [5, 5.41) is 2.95. The van der Waals surface area contributed by atoms with Crippen molar-refractivity contribution in [2.24, 2.45) is 0 Å². The van der Waals surface area contributed by atoms with Gasteiger partial charge in [0.15, 0.2) is 22.1 Å². The lowest BCUT2D eigenvalue weighted by Crippen LogP contribution is -2.29. The van der Waals surface area contributed by atoms with Crippen LogP contribution in [0.15, 0.2) is 44.9 Å². The Bertz CT molecular complexity index is 1490. The van der Waals surface area contributed by atoms with E-state index in [1.165, 1.54) is 43.6 Å². The highest BCUT2D eigenvalue weighted by molar-refractivity contribution is 7.14. The van der Waals surface area contributed by atoms with E-state index in [1.807, 2.05) is 12.3 Å². The fourth-order valence-corrected chi connectivity index (χ4v) is 5.17. The van der Waals surface area contributed by atoms with Crippen molar-refractivity contribution >= 4 is 44.9 Å². The standard InChI is InChI=1S/C24H19ClN2O6S/c1-11-10-34-24(26-11)27-19(12-7-16(30-2)21(32-4)17(8-12)31-3)18-20(28)14-9-13(25)5-6-15(14)33-22(18)23(27)29/h5-10,19H,1-4H3/t19-/m1/s1. The van der Waals surface area contributed by atoms with Crippen molar-refractivity contribution in [2.45, 2.75) is 13.0 Å². The lowest BCUT2D eigenvalue weighted by molar-refractivity contribution is 0.0971. The molecule has 0 radical (unpaired) electrons. The number of rotatable bonds is 5. The molecule has 8 nitrogen and oxygen atoms in total. The van der Waals surface area contributed by atoms with E-state index in [2.05, 4.69) is 4.98 Å². The number of carbonyl (C=O) groups is 1. The number of nitrogens with zero attached hydrogens (tertiary/aromatic N) is 2. The number of thiazole rings is 1. The Balaban J connectivity index is 1.84. The highest BCUT2D eigenvalue weighted by Crippen LogP contribution is 2.46. The second-order valence-corrected chi connectivity index (χ2v) is 8.90. The summed E-state index contributed by atoms with van der Waals surface area (Å²) in [7, 11) is 4.50. The third-order valence-electron chi connectivity index (χ3n) is 5.65. The molecule has 0 unspecified atom stereocenters. The van der Waals surface area contributed by atoms with E-state index in [1.54, 1.807) is 24.3 Å². The molecule has 1 aliphatic rings. The number of amides is 1. The minimum absolute atomic E-state index is 0.0357. The van der Waals surface area contributed by atoms with Crippen molar-refractivity contribution in [1.82, 2.24) is 4.98 Å². The normalized spacial score (nSPS) is 15.0. The van der Waals surface area contributed by atoms with Crippen LogP contribution in [0, 0.1) is 6.92 Å². The molecule has 2 aromatic heterocycles. The summed E-state index contributed by atoms with van der Waals surface area (Å²) in [5.74, 6) is 0.679. The average Bonchev–Trinajstić information content (AvgIpc) is 3.39. The van der Waals surface area contributed by atoms with Crippen LogP contribution in [-0.2, 0) is 0 Å². The lowest BCUT2D eigenvalue weighted by Gasteiger charge is -2.24. The molecule has 10 heteroatoms. The van der Waals surface area contributed by atoms with Gasteiger partial charge in [0, 0.05) is 10.4 Å². The molecular weight excluding hydrogens is 480 g/mol. The summed E-state index contributed by atoms with van der Waals surface area (Å²) in [4.78, 5) is 33.3. The largest absolute Gasteiger partial charge is 0.493 e. The van der Waals surface area contributed by atoms with Crippen LogP contribution in [0.4, 0.5) is 5.13 Å². The second-order valence-electron chi connectivity index (χ2n) is 7.62. The zero-order chi connectivity index (χ0) is 24.1. The molecule has 3 heterocycles. The lowest BCUT2D eigenvalue weighted by atomic mass is 9.98. The maximum absolute atomic E-state index is 13.7. The minimum atomic E-state index is -0.832. The predicted octanol–water partition coefficient (Wildman–Crippen LogP) is 4.99. The van der Waals surface area contributed by atoms with Crippen molar-refractivity contribution < 1.29 is 23.4 Å². The van der Waals surface area contributed by atoms with Gasteiger partial charge in [0.1, 0.15) is 5.58 Å². The third kappa shape index (κ3) is 3.31. The maximum atomic E-state index is 13.7. The molecule has 2 aromatic carbocycles. The zero-order valence-corrected chi connectivity index (χ0v) is 20.2. The first-order valence-corrected chi connectivity index (χ1v) is 11.5.